The number of aromatic nitrogens is 3. The first-order chi connectivity index (χ1) is 14.9. The van der Waals surface area contributed by atoms with Crippen molar-refractivity contribution in [1.82, 2.24) is 20.1 Å². The number of nitrogens with zero attached hydrogens (tertiary/aromatic N) is 3. The maximum absolute atomic E-state index is 12.8. The monoisotopic (exact) mass is 459 g/mol. The van der Waals surface area contributed by atoms with E-state index < -0.39 is 5.91 Å². The average Bonchev–Trinajstić information content (AvgIpc) is 3.17. The van der Waals surface area contributed by atoms with Crippen LogP contribution in [0.4, 0.5) is 5.69 Å². The van der Waals surface area contributed by atoms with E-state index in [0.29, 0.717) is 39.4 Å². The number of rotatable bonds is 5. The van der Waals surface area contributed by atoms with Crippen LogP contribution in [0, 0.1) is 0 Å². The van der Waals surface area contributed by atoms with Gasteiger partial charge in [0.2, 0.25) is 5.82 Å². The van der Waals surface area contributed by atoms with Crippen molar-refractivity contribution in [1.29, 1.82) is 0 Å². The number of anilines is 1. The quantitative estimate of drug-likeness (QED) is 0.601. The first-order valence-electron chi connectivity index (χ1n) is 9.65. The van der Waals surface area contributed by atoms with Gasteiger partial charge in [0.05, 0.1) is 21.8 Å². The third-order valence-corrected chi connectivity index (χ3v) is 5.44. The van der Waals surface area contributed by atoms with Crippen LogP contribution < -0.4 is 15.4 Å². The highest BCUT2D eigenvalue weighted by Gasteiger charge is 2.22. The molecule has 1 aromatic heterocycles. The van der Waals surface area contributed by atoms with E-state index in [2.05, 4.69) is 20.7 Å². The molecule has 31 heavy (non-hydrogen) atoms. The fraction of sp³-hybridized carbons (Fsp3) is 0.238. The van der Waals surface area contributed by atoms with Gasteiger partial charge in [0, 0.05) is 6.42 Å². The number of carbonyl (C=O) groups is 2. The van der Waals surface area contributed by atoms with Gasteiger partial charge in [-0.3, -0.25) is 9.59 Å². The third-order valence-electron chi connectivity index (χ3n) is 4.83. The number of ether oxygens (including phenoxy) is 1. The number of fused-ring (bicyclic) bond motifs is 1. The fourth-order valence-corrected chi connectivity index (χ4v) is 3.81. The molecule has 0 fully saturated rings. The molecular weight excluding hydrogens is 441 g/mol. The van der Waals surface area contributed by atoms with Crippen molar-refractivity contribution in [3.05, 3.63) is 63.7 Å². The average molecular weight is 460 g/mol. The van der Waals surface area contributed by atoms with E-state index in [1.165, 1.54) is 4.68 Å². The lowest BCUT2D eigenvalue weighted by atomic mass is 10.1. The zero-order chi connectivity index (χ0) is 22.1. The summed E-state index contributed by atoms with van der Waals surface area (Å²) >= 11 is 12.6. The molecule has 2 amide bonds. The van der Waals surface area contributed by atoms with Crippen molar-refractivity contribution in [2.45, 2.75) is 26.3 Å². The molecule has 0 aliphatic carbocycles. The molecule has 2 aromatic carbocycles. The minimum absolute atomic E-state index is 0.00859. The van der Waals surface area contributed by atoms with E-state index in [0.717, 1.165) is 5.56 Å². The van der Waals surface area contributed by atoms with E-state index >= 15 is 0 Å². The van der Waals surface area contributed by atoms with Crippen LogP contribution in [0.1, 0.15) is 41.9 Å². The Morgan fingerprint density at radius 1 is 1.29 bits per heavy atom. The smallest absolute Gasteiger partial charge is 0.291 e. The summed E-state index contributed by atoms with van der Waals surface area (Å²) in [5, 5.41) is 10.8. The van der Waals surface area contributed by atoms with E-state index in [-0.39, 0.29) is 24.4 Å². The molecule has 4 rings (SSSR count). The number of para-hydroxylation sites is 1. The van der Waals surface area contributed by atoms with Gasteiger partial charge in [-0.2, -0.15) is 0 Å². The van der Waals surface area contributed by atoms with Crippen molar-refractivity contribution in [2.75, 3.05) is 11.9 Å². The van der Waals surface area contributed by atoms with Crippen molar-refractivity contribution >= 4 is 40.7 Å². The number of hydrogen-bond donors (Lipinski definition) is 2. The Balaban J connectivity index is 1.57. The Kier molecular flexibility index (Phi) is 5.84. The molecule has 8 nitrogen and oxygen atoms in total. The predicted molar refractivity (Wildman–Crippen MR) is 117 cm³/mol. The van der Waals surface area contributed by atoms with Crippen LogP contribution >= 0.6 is 23.2 Å². The van der Waals surface area contributed by atoms with Gasteiger partial charge in [-0.1, -0.05) is 42.3 Å². The largest absolute Gasteiger partial charge is 0.482 e. The summed E-state index contributed by atoms with van der Waals surface area (Å²) < 4.78 is 6.86. The number of amides is 2. The molecule has 0 saturated heterocycles. The second-order valence-electron chi connectivity index (χ2n) is 6.97. The van der Waals surface area contributed by atoms with Crippen LogP contribution in [0.3, 0.4) is 0 Å². The molecule has 2 N–H and O–H groups in total. The van der Waals surface area contributed by atoms with Gasteiger partial charge in [-0.25, -0.2) is 9.67 Å². The van der Waals surface area contributed by atoms with Crippen LogP contribution in [0.25, 0.3) is 5.69 Å². The summed E-state index contributed by atoms with van der Waals surface area (Å²) in [5.41, 5.74) is 1.84. The van der Waals surface area contributed by atoms with Crippen LogP contribution in [0.5, 0.6) is 5.75 Å². The Morgan fingerprint density at radius 2 is 2.03 bits per heavy atom. The van der Waals surface area contributed by atoms with Crippen LogP contribution in [-0.2, 0) is 11.2 Å². The van der Waals surface area contributed by atoms with Crippen molar-refractivity contribution in [2.24, 2.45) is 0 Å². The number of nitrogens with one attached hydrogen (secondary N) is 2. The van der Waals surface area contributed by atoms with Gasteiger partial charge < -0.3 is 15.4 Å². The second kappa shape index (κ2) is 8.56. The van der Waals surface area contributed by atoms with Crippen LogP contribution in [-0.4, -0.2) is 33.2 Å². The minimum Gasteiger partial charge on any atom is -0.482 e. The van der Waals surface area contributed by atoms with Crippen molar-refractivity contribution in [3.63, 3.8) is 0 Å². The molecule has 0 spiro atoms. The normalized spacial score (nSPS) is 13.7. The zero-order valence-electron chi connectivity index (χ0n) is 16.8. The summed E-state index contributed by atoms with van der Waals surface area (Å²) in [7, 11) is 0. The van der Waals surface area contributed by atoms with Gasteiger partial charge in [0.25, 0.3) is 11.8 Å². The van der Waals surface area contributed by atoms with Gasteiger partial charge in [0.1, 0.15) is 17.3 Å². The Morgan fingerprint density at radius 3 is 2.74 bits per heavy atom. The molecule has 1 unspecified atom stereocenters. The number of benzene rings is 2. The number of carbonyl (C=O) groups excluding carboxylic acids is 2. The molecule has 1 aliphatic heterocycles. The first kappa shape index (κ1) is 21.1. The molecule has 0 bridgehead atoms. The lowest BCUT2D eigenvalue weighted by Gasteiger charge is -2.20. The number of halogens is 2. The molecular formula is C21H19Cl2N5O3. The topological polar surface area (TPSA) is 98.1 Å². The standard InChI is InChI=1S/C21H19Cl2N5O3/c1-3-17-26-20(27-28(17)19-13(22)5-4-6-14(19)23)21(30)24-11(2)12-7-8-16-15(9-12)25-18(29)10-31-16/h4-9,11H,3,10H2,1-2H3,(H,24,30)(H,25,29). The lowest BCUT2D eigenvalue weighted by Crippen LogP contribution is -2.29. The Hall–Kier alpha value is -3.10. The SMILES string of the molecule is CCc1nc(C(=O)NC(C)c2ccc3c(c2)NC(=O)CO3)nn1-c1c(Cl)cccc1Cl. The van der Waals surface area contributed by atoms with E-state index in [9.17, 15) is 9.59 Å². The van der Waals surface area contributed by atoms with Crippen LogP contribution in [0.2, 0.25) is 10.0 Å². The molecule has 10 heteroatoms. The Bertz CT molecular complexity index is 1160. The Labute approximate surface area is 188 Å². The molecule has 0 saturated carbocycles. The van der Waals surface area contributed by atoms with E-state index in [4.69, 9.17) is 27.9 Å². The zero-order valence-corrected chi connectivity index (χ0v) is 18.3. The molecule has 160 valence electrons. The molecule has 1 atom stereocenters. The molecule has 3 aromatic rings. The second-order valence-corrected chi connectivity index (χ2v) is 7.79. The fourth-order valence-electron chi connectivity index (χ4n) is 3.25. The summed E-state index contributed by atoms with van der Waals surface area (Å²) in [4.78, 5) is 28.8. The molecule has 0 radical (unpaired) electrons. The molecule has 2 heterocycles. The number of aryl methyl sites for hydroxylation is 1. The van der Waals surface area contributed by atoms with E-state index in [1.807, 2.05) is 19.9 Å². The summed E-state index contributed by atoms with van der Waals surface area (Å²) in [6, 6.07) is 10.1. The predicted octanol–water partition coefficient (Wildman–Crippen LogP) is 3.96. The summed E-state index contributed by atoms with van der Waals surface area (Å²) in [6.07, 6.45) is 0.530. The highest BCUT2D eigenvalue weighted by atomic mass is 35.5. The van der Waals surface area contributed by atoms with Gasteiger partial charge >= 0.3 is 0 Å². The highest BCUT2D eigenvalue weighted by Crippen LogP contribution is 2.31. The summed E-state index contributed by atoms with van der Waals surface area (Å²) in [5.74, 6) is 0.491. The maximum Gasteiger partial charge on any atom is 0.291 e. The maximum atomic E-state index is 12.8. The van der Waals surface area contributed by atoms with Gasteiger partial charge in [0.15, 0.2) is 6.61 Å². The van der Waals surface area contributed by atoms with Crippen LogP contribution in [0.15, 0.2) is 36.4 Å². The summed E-state index contributed by atoms with van der Waals surface area (Å²) in [6.45, 7) is 3.72. The number of hydrogen-bond acceptors (Lipinski definition) is 5. The third kappa shape index (κ3) is 4.22. The van der Waals surface area contributed by atoms with E-state index in [1.54, 1.807) is 30.3 Å². The lowest BCUT2D eigenvalue weighted by molar-refractivity contribution is -0.118. The highest BCUT2D eigenvalue weighted by molar-refractivity contribution is 6.37. The van der Waals surface area contributed by atoms with Gasteiger partial charge in [-0.15, -0.1) is 5.10 Å². The minimum atomic E-state index is -0.442. The van der Waals surface area contributed by atoms with Gasteiger partial charge in [-0.05, 0) is 36.8 Å². The van der Waals surface area contributed by atoms with Crippen molar-refractivity contribution in [3.8, 4) is 11.4 Å². The first-order valence-corrected chi connectivity index (χ1v) is 10.4. The molecule has 1 aliphatic rings. The van der Waals surface area contributed by atoms with Crippen molar-refractivity contribution < 1.29 is 14.3 Å².